The third-order valence-corrected chi connectivity index (χ3v) is 8.95. The Morgan fingerprint density at radius 3 is 2.21 bits per heavy atom. The first-order valence-electron chi connectivity index (χ1n) is 14.1. The van der Waals surface area contributed by atoms with Crippen LogP contribution >= 0.6 is 0 Å². The van der Waals surface area contributed by atoms with Crippen LogP contribution in [0.2, 0.25) is 0 Å². The molecule has 1 amide bonds. The van der Waals surface area contributed by atoms with E-state index in [2.05, 4.69) is 64.7 Å². The number of nitrogens with one attached hydrogen (secondary N) is 1. The number of rotatable bonds is 10. The summed E-state index contributed by atoms with van der Waals surface area (Å²) >= 11 is 0. The number of hydrogen-bond donors (Lipinski definition) is 2. The zero-order valence-electron chi connectivity index (χ0n) is 26.0. The van der Waals surface area contributed by atoms with Gasteiger partial charge < -0.3 is 24.6 Å². The second-order valence-corrected chi connectivity index (χ2v) is 15.9. The molecular formula is C33H40N2O6SSi. The van der Waals surface area contributed by atoms with E-state index in [9.17, 15) is 13.2 Å². The summed E-state index contributed by atoms with van der Waals surface area (Å²) in [6.07, 6.45) is 0.824. The van der Waals surface area contributed by atoms with E-state index in [0.717, 1.165) is 6.26 Å². The van der Waals surface area contributed by atoms with Crippen LogP contribution in [0, 0.1) is 0 Å². The number of carbonyl (C=O) groups excluding carboxylic acids is 1. The normalized spacial score (nSPS) is 13.2. The third-order valence-electron chi connectivity index (χ3n) is 6.87. The molecule has 4 aromatic rings. The first kappa shape index (κ1) is 32.3. The zero-order chi connectivity index (χ0) is 31.7. The molecule has 0 spiro atoms. The fraction of sp³-hybridized carbons (Fsp3) is 0.364. The number of aromatic amines is 1. The van der Waals surface area contributed by atoms with Crippen LogP contribution in [0.25, 0.3) is 10.9 Å². The highest BCUT2D eigenvalue weighted by Crippen LogP contribution is 2.35. The van der Waals surface area contributed by atoms with Gasteiger partial charge in [0.2, 0.25) is 0 Å². The molecule has 1 heterocycles. The van der Waals surface area contributed by atoms with Crippen LogP contribution in [0.15, 0.2) is 65.6 Å². The monoisotopic (exact) mass is 620 g/mol. The van der Waals surface area contributed by atoms with Crippen LogP contribution in [0.5, 0.6) is 17.2 Å². The molecule has 1 atom stereocenters. The second kappa shape index (κ2) is 12.2. The van der Waals surface area contributed by atoms with Crippen LogP contribution < -0.4 is 20.4 Å². The molecule has 0 aliphatic carbocycles. The summed E-state index contributed by atoms with van der Waals surface area (Å²) in [4.78, 5) is 15.2. The highest BCUT2D eigenvalue weighted by Gasteiger charge is 2.28. The lowest BCUT2D eigenvalue weighted by Gasteiger charge is -2.32. The molecule has 0 aliphatic rings. The van der Waals surface area contributed by atoms with Gasteiger partial charge in [-0.15, -0.1) is 0 Å². The van der Waals surface area contributed by atoms with Crippen molar-refractivity contribution in [2.75, 3.05) is 12.9 Å². The maximum atomic E-state index is 11.9. The molecule has 8 nitrogen and oxygen atoms in total. The number of H-pyrrole nitrogens is 1. The van der Waals surface area contributed by atoms with Gasteiger partial charge >= 0.3 is 0 Å². The van der Waals surface area contributed by atoms with E-state index in [1.807, 2.05) is 6.92 Å². The Morgan fingerprint density at radius 2 is 1.63 bits per heavy atom. The Bertz CT molecular complexity index is 1730. The molecule has 3 N–H and O–H groups in total. The van der Waals surface area contributed by atoms with Crippen molar-refractivity contribution < 1.29 is 27.1 Å². The van der Waals surface area contributed by atoms with E-state index in [0.29, 0.717) is 34.8 Å². The van der Waals surface area contributed by atoms with E-state index in [-0.39, 0.29) is 37.3 Å². The summed E-state index contributed by atoms with van der Waals surface area (Å²) in [5.74, 6) is 0.782. The van der Waals surface area contributed by atoms with Gasteiger partial charge in [0.15, 0.2) is 9.84 Å². The van der Waals surface area contributed by atoms with Gasteiger partial charge in [0.25, 0.3) is 15.7 Å². The van der Waals surface area contributed by atoms with Crippen molar-refractivity contribution in [1.82, 2.24) is 4.98 Å². The van der Waals surface area contributed by atoms with Gasteiger partial charge in [0.05, 0.1) is 17.0 Å². The molecule has 10 heteroatoms. The largest absolute Gasteiger partial charge is 0.486 e. The minimum Gasteiger partial charge on any atom is -0.486 e. The number of fused-ring (bicyclic) bond motifs is 1. The highest BCUT2D eigenvalue weighted by atomic mass is 32.2. The molecule has 1 unspecified atom stereocenters. The minimum absolute atomic E-state index is 0.00746. The summed E-state index contributed by atoms with van der Waals surface area (Å²) in [6, 6.07) is 17.7. The fourth-order valence-corrected chi connectivity index (χ4v) is 6.80. The summed E-state index contributed by atoms with van der Waals surface area (Å²) in [7, 11) is -3.18. The lowest BCUT2D eigenvalue weighted by atomic mass is 9.75. The molecular weight excluding hydrogens is 581 g/mol. The molecule has 228 valence electrons. The van der Waals surface area contributed by atoms with Crippen LogP contribution in [-0.4, -0.2) is 48.0 Å². The van der Waals surface area contributed by atoms with Gasteiger partial charge in [-0.2, -0.15) is 0 Å². The molecule has 43 heavy (non-hydrogen) atoms. The van der Waals surface area contributed by atoms with Gasteiger partial charge in [0.1, 0.15) is 29.0 Å². The third kappa shape index (κ3) is 7.87. The Morgan fingerprint density at radius 1 is 0.953 bits per heavy atom. The molecule has 0 saturated heterocycles. The smallest absolute Gasteiger partial charge is 0.269 e. The Balaban J connectivity index is 1.55. The predicted molar refractivity (Wildman–Crippen MR) is 172 cm³/mol. The SMILES string of the molecule is CC(CO[Si]c1cccc(C(C)(C)C)c1C(C)(C)C)Oc1cc(Oc2ccc(S(C)(=O)=O)cc2)cc2cc(C(N)=O)[nH]c12. The Kier molecular flexibility index (Phi) is 9.15. The molecule has 1 aromatic heterocycles. The van der Waals surface area contributed by atoms with Crippen molar-refractivity contribution in [2.45, 2.75) is 70.3 Å². The lowest BCUT2D eigenvalue weighted by molar-refractivity contribution is 0.0996. The van der Waals surface area contributed by atoms with Crippen molar-refractivity contribution in [3.05, 3.63) is 77.5 Å². The summed E-state index contributed by atoms with van der Waals surface area (Å²) in [5, 5.41) is 1.86. The number of aromatic nitrogens is 1. The zero-order valence-corrected chi connectivity index (χ0v) is 27.8. The average molecular weight is 621 g/mol. The maximum absolute atomic E-state index is 11.9. The van der Waals surface area contributed by atoms with E-state index in [4.69, 9.17) is 19.6 Å². The van der Waals surface area contributed by atoms with Crippen molar-refractivity contribution in [1.29, 1.82) is 0 Å². The topological polar surface area (TPSA) is 121 Å². The lowest BCUT2D eigenvalue weighted by Crippen LogP contribution is -2.35. The average Bonchev–Trinajstić information content (AvgIpc) is 3.32. The maximum Gasteiger partial charge on any atom is 0.269 e. The second-order valence-electron chi connectivity index (χ2n) is 12.8. The van der Waals surface area contributed by atoms with Gasteiger partial charge in [-0.1, -0.05) is 59.7 Å². The van der Waals surface area contributed by atoms with Crippen LogP contribution in [0.4, 0.5) is 0 Å². The summed E-state index contributed by atoms with van der Waals surface area (Å²) < 4.78 is 42.2. The number of primary amides is 1. The number of amides is 1. The number of ether oxygens (including phenoxy) is 2. The van der Waals surface area contributed by atoms with Crippen LogP contribution in [0.3, 0.4) is 0 Å². The highest BCUT2D eigenvalue weighted by molar-refractivity contribution is 7.90. The first-order valence-corrected chi connectivity index (χ1v) is 16.9. The molecule has 2 radical (unpaired) electrons. The number of sulfone groups is 1. The quantitative estimate of drug-likeness (QED) is 0.217. The van der Waals surface area contributed by atoms with E-state index in [1.165, 1.54) is 28.4 Å². The first-order chi connectivity index (χ1) is 19.9. The molecule has 0 aliphatic heterocycles. The van der Waals surface area contributed by atoms with Gasteiger partial charge in [-0.3, -0.25) is 4.79 Å². The molecule has 0 fully saturated rings. The number of hydrogen-bond acceptors (Lipinski definition) is 6. The number of benzene rings is 3. The van der Waals surface area contributed by atoms with E-state index in [1.54, 1.807) is 30.3 Å². The van der Waals surface area contributed by atoms with Crippen molar-refractivity contribution in [3.8, 4) is 17.2 Å². The molecule has 0 saturated carbocycles. The summed E-state index contributed by atoms with van der Waals surface area (Å²) in [5.41, 5.74) is 8.98. The van der Waals surface area contributed by atoms with Gasteiger partial charge in [-0.05, 0) is 70.5 Å². The van der Waals surface area contributed by atoms with Gasteiger partial charge in [-0.25, -0.2) is 8.42 Å². The Labute approximate surface area is 256 Å². The number of carbonyl (C=O) groups is 1. The van der Waals surface area contributed by atoms with Crippen molar-refractivity contribution in [2.24, 2.45) is 5.73 Å². The standard InChI is InChI=1S/C33H40N2O6SSi/c1-20(19-39-43-28-11-9-10-25(32(2,3)4)29(28)33(5,6)7)40-27-18-23(16-21-17-26(31(34)36)35-30(21)27)41-22-12-14-24(15-13-22)42(8,37)38/h9-18,20,35H,19H2,1-8H3,(H2,34,36). The van der Waals surface area contributed by atoms with Crippen LogP contribution in [0.1, 0.15) is 70.1 Å². The predicted octanol–water partition coefficient (Wildman–Crippen LogP) is 5.79. The van der Waals surface area contributed by atoms with E-state index >= 15 is 0 Å². The summed E-state index contributed by atoms with van der Waals surface area (Å²) in [6.45, 7) is 15.6. The minimum atomic E-state index is -3.33. The fourth-order valence-electron chi connectivity index (χ4n) is 4.92. The van der Waals surface area contributed by atoms with Crippen LogP contribution in [-0.2, 0) is 25.1 Å². The van der Waals surface area contributed by atoms with E-state index < -0.39 is 15.7 Å². The molecule has 4 rings (SSSR count). The number of nitrogens with two attached hydrogens (primary N) is 1. The molecule has 3 aromatic carbocycles. The molecule has 0 bridgehead atoms. The van der Waals surface area contributed by atoms with Crippen molar-refractivity contribution in [3.63, 3.8) is 0 Å². The van der Waals surface area contributed by atoms with Gasteiger partial charge in [0, 0.05) is 17.7 Å². The Hall–Kier alpha value is -3.60. The van der Waals surface area contributed by atoms with Crippen molar-refractivity contribution >= 4 is 41.6 Å².